The maximum absolute atomic E-state index is 5.87. The summed E-state index contributed by atoms with van der Waals surface area (Å²) in [4.78, 5) is 0. The molecule has 0 atom stereocenters. The quantitative estimate of drug-likeness (QED) is 0.426. The molecule has 0 aromatic carbocycles. The summed E-state index contributed by atoms with van der Waals surface area (Å²) >= 11 is 5.87. The van der Waals surface area contributed by atoms with E-state index in [-0.39, 0.29) is 0 Å². The third-order valence-electron chi connectivity index (χ3n) is 2.44. The first-order valence-electron chi connectivity index (χ1n) is 4.49. The Labute approximate surface area is 70.6 Å². The van der Waals surface area contributed by atoms with Crippen LogP contribution in [-0.4, -0.2) is 14.3 Å². The molecule has 10 heavy (non-hydrogen) atoms. The Morgan fingerprint density at radius 1 is 0.900 bits per heavy atom. The molecule has 0 aromatic rings. The molecule has 60 valence electrons. The van der Waals surface area contributed by atoms with Crippen molar-refractivity contribution >= 4 is 20.4 Å². The molecule has 1 saturated heterocycles. The van der Waals surface area contributed by atoms with Gasteiger partial charge in [-0.1, -0.05) is 44.2 Å². The van der Waals surface area contributed by atoms with Crippen LogP contribution in [0.3, 0.4) is 0 Å². The van der Waals surface area contributed by atoms with Crippen LogP contribution in [0.4, 0.5) is 0 Å². The third-order valence-corrected chi connectivity index (χ3v) is 6.64. The summed E-state index contributed by atoms with van der Waals surface area (Å²) in [7, 11) is -0.414. The molecular weight excluding hydrogens is 160 g/mol. The molecule has 1 fully saturated rings. The van der Waals surface area contributed by atoms with Crippen molar-refractivity contribution in [1.29, 1.82) is 0 Å². The van der Waals surface area contributed by atoms with Crippen LogP contribution in [0.25, 0.3) is 0 Å². The van der Waals surface area contributed by atoms with Crippen molar-refractivity contribution in [2.45, 2.75) is 44.2 Å². The van der Waals surface area contributed by atoms with E-state index in [1.54, 1.807) is 0 Å². The van der Waals surface area contributed by atoms with Crippen LogP contribution in [0.1, 0.15) is 32.1 Å². The van der Waals surface area contributed by atoms with Gasteiger partial charge in [-0.25, -0.2) is 0 Å². The predicted molar refractivity (Wildman–Crippen MR) is 50.6 cm³/mol. The van der Waals surface area contributed by atoms with Crippen molar-refractivity contribution in [3.8, 4) is 0 Å². The fraction of sp³-hybridized carbons (Fsp3) is 1.00. The van der Waals surface area contributed by atoms with Crippen molar-refractivity contribution in [3.63, 3.8) is 0 Å². The standard InChI is InChI=1S/C8H17ClSi/c9-8-10-6-4-2-1-3-5-7-10/h10H,1-8H2. The Hall–Kier alpha value is 0.507. The minimum absolute atomic E-state index is 0.414. The molecular formula is C8H17ClSi. The molecule has 0 nitrogen and oxygen atoms in total. The van der Waals surface area contributed by atoms with Gasteiger partial charge in [0.15, 0.2) is 0 Å². The van der Waals surface area contributed by atoms with Gasteiger partial charge in [0.1, 0.15) is 0 Å². The molecule has 0 aromatic heterocycles. The molecule has 1 aliphatic heterocycles. The summed E-state index contributed by atoms with van der Waals surface area (Å²) in [5.41, 5.74) is 1.03. The summed E-state index contributed by atoms with van der Waals surface area (Å²) in [6, 6.07) is 3.03. The van der Waals surface area contributed by atoms with E-state index in [1.807, 2.05) is 0 Å². The topological polar surface area (TPSA) is 0 Å². The van der Waals surface area contributed by atoms with Crippen molar-refractivity contribution in [3.05, 3.63) is 0 Å². The minimum atomic E-state index is -0.414. The van der Waals surface area contributed by atoms with Gasteiger partial charge in [0.25, 0.3) is 0 Å². The first kappa shape index (κ1) is 8.60. The summed E-state index contributed by atoms with van der Waals surface area (Å²) in [6.07, 6.45) is 7.37. The first-order chi connectivity index (χ1) is 4.93. The van der Waals surface area contributed by atoms with Gasteiger partial charge in [-0.05, 0) is 0 Å². The van der Waals surface area contributed by atoms with Crippen LogP contribution in [0.15, 0.2) is 0 Å². The minimum Gasteiger partial charge on any atom is -0.131 e. The highest BCUT2D eigenvalue weighted by Gasteiger charge is 2.10. The molecule has 0 amide bonds. The molecule has 2 heteroatoms. The molecule has 0 radical (unpaired) electrons. The second-order valence-corrected chi connectivity index (χ2v) is 7.49. The highest BCUT2D eigenvalue weighted by atomic mass is 35.5. The smallest absolute Gasteiger partial charge is 0.0540 e. The molecule has 0 aliphatic carbocycles. The van der Waals surface area contributed by atoms with Crippen molar-refractivity contribution in [2.24, 2.45) is 0 Å². The van der Waals surface area contributed by atoms with Crippen LogP contribution in [-0.2, 0) is 0 Å². The van der Waals surface area contributed by atoms with Gasteiger partial charge in [-0.15, -0.1) is 11.6 Å². The SMILES string of the molecule is ClC[SiH]1CCCCCCC1. The van der Waals surface area contributed by atoms with Gasteiger partial charge < -0.3 is 0 Å². The lowest BCUT2D eigenvalue weighted by Gasteiger charge is -2.14. The molecule has 0 saturated carbocycles. The van der Waals surface area contributed by atoms with Crippen LogP contribution in [0.5, 0.6) is 0 Å². The predicted octanol–water partition coefficient (Wildman–Crippen LogP) is 2.96. The van der Waals surface area contributed by atoms with Crippen LogP contribution < -0.4 is 0 Å². The number of rotatable bonds is 1. The monoisotopic (exact) mass is 176 g/mol. The lowest BCUT2D eigenvalue weighted by molar-refractivity contribution is 0.635. The Kier molecular flexibility index (Phi) is 4.47. The lowest BCUT2D eigenvalue weighted by Crippen LogP contribution is -2.15. The van der Waals surface area contributed by atoms with E-state index in [0.717, 1.165) is 5.50 Å². The van der Waals surface area contributed by atoms with E-state index < -0.39 is 8.80 Å². The molecule has 0 spiro atoms. The summed E-state index contributed by atoms with van der Waals surface area (Å²) in [5, 5.41) is 0. The Morgan fingerprint density at radius 2 is 1.40 bits per heavy atom. The Balaban J connectivity index is 2.16. The maximum atomic E-state index is 5.87. The molecule has 0 unspecified atom stereocenters. The maximum Gasteiger partial charge on any atom is 0.0540 e. The van der Waals surface area contributed by atoms with Crippen LogP contribution in [0, 0.1) is 0 Å². The Morgan fingerprint density at radius 3 is 1.90 bits per heavy atom. The van der Waals surface area contributed by atoms with Gasteiger partial charge in [-0.2, -0.15) is 0 Å². The fourth-order valence-electron chi connectivity index (χ4n) is 1.69. The largest absolute Gasteiger partial charge is 0.131 e. The molecule has 1 heterocycles. The second kappa shape index (κ2) is 5.20. The molecule has 1 rings (SSSR count). The van der Waals surface area contributed by atoms with E-state index in [9.17, 15) is 0 Å². The van der Waals surface area contributed by atoms with Gasteiger partial charge in [-0.3, -0.25) is 0 Å². The third kappa shape index (κ3) is 3.06. The van der Waals surface area contributed by atoms with E-state index in [1.165, 1.54) is 44.2 Å². The average molecular weight is 177 g/mol. The second-order valence-electron chi connectivity index (χ2n) is 3.37. The normalized spacial score (nSPS) is 23.7. The molecule has 0 N–H and O–H groups in total. The first-order valence-corrected chi connectivity index (χ1v) is 7.48. The number of alkyl halides is 1. The highest BCUT2D eigenvalue weighted by Crippen LogP contribution is 2.18. The fourth-order valence-corrected chi connectivity index (χ4v) is 4.95. The lowest BCUT2D eigenvalue weighted by atomic mass is 10.2. The van der Waals surface area contributed by atoms with Gasteiger partial charge in [0, 0.05) is 5.50 Å². The highest BCUT2D eigenvalue weighted by molar-refractivity contribution is 6.67. The van der Waals surface area contributed by atoms with Crippen molar-refractivity contribution in [1.82, 2.24) is 0 Å². The van der Waals surface area contributed by atoms with Crippen LogP contribution in [0.2, 0.25) is 12.1 Å². The van der Waals surface area contributed by atoms with E-state index in [0.29, 0.717) is 0 Å². The number of hydrogen-bond donors (Lipinski definition) is 0. The zero-order chi connectivity index (χ0) is 7.23. The summed E-state index contributed by atoms with van der Waals surface area (Å²) < 4.78 is 0. The number of hydrogen-bond acceptors (Lipinski definition) is 0. The zero-order valence-electron chi connectivity index (χ0n) is 6.61. The van der Waals surface area contributed by atoms with E-state index in [2.05, 4.69) is 0 Å². The number of halogens is 1. The average Bonchev–Trinajstić information content (AvgIpc) is 1.87. The van der Waals surface area contributed by atoms with E-state index in [4.69, 9.17) is 11.6 Å². The molecule has 1 aliphatic rings. The zero-order valence-corrected chi connectivity index (χ0v) is 8.52. The van der Waals surface area contributed by atoms with Gasteiger partial charge in [0.05, 0.1) is 8.80 Å². The Bertz CT molecular complexity index is 77.3. The van der Waals surface area contributed by atoms with E-state index >= 15 is 0 Å². The summed E-state index contributed by atoms with van der Waals surface area (Å²) in [5.74, 6) is 0. The van der Waals surface area contributed by atoms with Crippen LogP contribution >= 0.6 is 11.6 Å². The summed E-state index contributed by atoms with van der Waals surface area (Å²) in [6.45, 7) is 0. The molecule has 0 bridgehead atoms. The van der Waals surface area contributed by atoms with Gasteiger partial charge >= 0.3 is 0 Å². The van der Waals surface area contributed by atoms with Gasteiger partial charge in [0.2, 0.25) is 0 Å². The van der Waals surface area contributed by atoms with Crippen molar-refractivity contribution < 1.29 is 0 Å². The van der Waals surface area contributed by atoms with Crippen molar-refractivity contribution in [2.75, 3.05) is 5.50 Å².